The number of amides is 1. The van der Waals surface area contributed by atoms with Crippen LogP contribution in [-0.4, -0.2) is 221 Å². The number of rotatable bonds is 11. The lowest BCUT2D eigenvalue weighted by atomic mass is 9.95. The third kappa shape index (κ3) is 8.08. The van der Waals surface area contributed by atoms with Crippen molar-refractivity contribution in [1.29, 1.82) is 0 Å². The third-order valence-corrected chi connectivity index (χ3v) is 8.61. The van der Waals surface area contributed by atoms with Gasteiger partial charge in [0.2, 0.25) is 5.91 Å². The minimum atomic E-state index is -2.06. The molecule has 4 aliphatic heterocycles. The van der Waals surface area contributed by atoms with Crippen molar-refractivity contribution in [3.63, 3.8) is 0 Å². The van der Waals surface area contributed by atoms with Crippen LogP contribution >= 0.6 is 0 Å². The highest BCUT2D eigenvalue weighted by molar-refractivity contribution is 5.73. The molecule has 20 atom stereocenters. The summed E-state index contributed by atoms with van der Waals surface area (Å²) in [5, 5.41) is 137. The monoisotopic (exact) mass is 707 g/mol. The topological polar surface area (TPSA) is 357 Å². The third-order valence-electron chi connectivity index (χ3n) is 8.61. The van der Waals surface area contributed by atoms with Gasteiger partial charge in [0.1, 0.15) is 97.6 Å². The van der Waals surface area contributed by atoms with Gasteiger partial charge in [-0.05, 0) is 0 Å². The van der Waals surface area contributed by atoms with Crippen molar-refractivity contribution in [2.45, 2.75) is 130 Å². The molecule has 22 heteroatoms. The molecule has 0 aromatic carbocycles. The highest BCUT2D eigenvalue weighted by Crippen LogP contribution is 2.34. The van der Waals surface area contributed by atoms with Crippen molar-refractivity contribution in [3.05, 3.63) is 0 Å². The summed E-state index contributed by atoms with van der Waals surface area (Å²) in [5.74, 6) is -0.689. The molecule has 0 bridgehead atoms. The predicted molar refractivity (Wildman–Crippen MR) is 145 cm³/mol. The average Bonchev–Trinajstić information content (AvgIpc) is 3.05. The van der Waals surface area contributed by atoms with E-state index in [1.54, 1.807) is 0 Å². The molecular weight excluding hydrogens is 662 g/mol. The molecule has 0 spiro atoms. The van der Waals surface area contributed by atoms with Gasteiger partial charge in [-0.3, -0.25) is 4.79 Å². The average molecular weight is 708 g/mol. The quantitative estimate of drug-likeness (QED) is 0.0947. The summed E-state index contributed by atoms with van der Waals surface area (Å²) in [4.78, 5) is 11.8. The summed E-state index contributed by atoms with van der Waals surface area (Å²) in [7, 11) is 0. The number of nitrogens with one attached hydrogen (secondary N) is 1. The molecular formula is C26H45NO21. The number of carbonyl (C=O) groups is 1. The van der Waals surface area contributed by atoms with Crippen LogP contribution in [0.1, 0.15) is 6.92 Å². The zero-order valence-electron chi connectivity index (χ0n) is 25.5. The Balaban J connectivity index is 1.55. The van der Waals surface area contributed by atoms with E-state index < -0.39 is 155 Å². The summed E-state index contributed by atoms with van der Waals surface area (Å²) < 4.78 is 38.2. The highest BCUT2D eigenvalue weighted by atomic mass is 16.8. The largest absolute Gasteiger partial charge is 0.394 e. The molecule has 4 rings (SSSR count). The summed E-state index contributed by atoms with van der Waals surface area (Å²) in [6, 6.07) is -1.48. The van der Waals surface area contributed by atoms with Crippen LogP contribution in [0.2, 0.25) is 0 Å². The molecule has 1 amide bonds. The molecule has 4 saturated heterocycles. The standard InChI is InChI=1S/C26H45NO21/c1-6(32)27-11-20(13(34)8(3-29)42-23(11)41)46-25-18(39)22(15(36)9(4-30)44-25)48-26-19(40)21(14(35)10(5-31)45-26)47-24-17(38)16(37)12(33)7(2-28)43-24/h7-26,28-31,33-41H,2-5H2,1H3,(H,27,32)/t7-,8-,9-,10-,11-,12-,13-,14-,15-,16+,17+,18+,19+,20-,21+,22+,23+,24-,25+,26-/m1/s1. The van der Waals surface area contributed by atoms with Crippen LogP contribution in [0.25, 0.3) is 0 Å². The van der Waals surface area contributed by atoms with E-state index in [4.69, 9.17) is 33.2 Å². The fourth-order valence-corrected chi connectivity index (χ4v) is 5.93. The van der Waals surface area contributed by atoms with Crippen LogP contribution in [0, 0.1) is 0 Å². The second-order valence-corrected chi connectivity index (χ2v) is 11.9. The van der Waals surface area contributed by atoms with E-state index in [9.17, 15) is 71.2 Å². The molecule has 0 saturated carbocycles. The van der Waals surface area contributed by atoms with Crippen molar-refractivity contribution in [1.82, 2.24) is 5.32 Å². The molecule has 14 N–H and O–H groups in total. The van der Waals surface area contributed by atoms with Crippen LogP contribution < -0.4 is 5.32 Å². The van der Waals surface area contributed by atoms with Crippen molar-refractivity contribution in [2.24, 2.45) is 0 Å². The molecule has 0 aromatic rings. The maximum Gasteiger partial charge on any atom is 0.217 e. The maximum absolute atomic E-state index is 11.8. The number of hydrogen-bond acceptors (Lipinski definition) is 21. The van der Waals surface area contributed by atoms with Gasteiger partial charge in [0.05, 0.1) is 26.4 Å². The first kappa shape index (κ1) is 39.5. The van der Waals surface area contributed by atoms with Crippen LogP contribution in [0.15, 0.2) is 0 Å². The molecule has 48 heavy (non-hydrogen) atoms. The Hall–Kier alpha value is -1.33. The van der Waals surface area contributed by atoms with Crippen LogP contribution in [0.5, 0.6) is 0 Å². The SMILES string of the molecule is CC(=O)N[C@@H]1[C@@H](O[C@@H]2O[C@H](CO)[C@@H](O)[C@H](O[C@H]3O[C@H](CO)[C@@H](O)[C@H](O[C@H]4O[C@H](CO)[C@@H](O)[C@H](O)[C@@H]4O)[C@@H]3O)[C@@H]2O)[C@H](O)[C@@H](CO)O[C@@H]1O. The minimum absolute atomic E-state index is 0.689. The second-order valence-electron chi connectivity index (χ2n) is 11.9. The maximum atomic E-state index is 11.8. The first-order chi connectivity index (χ1) is 22.7. The Morgan fingerprint density at radius 3 is 1.27 bits per heavy atom. The number of ether oxygens (including phenoxy) is 7. The molecule has 280 valence electrons. The number of carbonyl (C=O) groups excluding carboxylic acids is 1. The lowest BCUT2D eigenvalue weighted by Crippen LogP contribution is -2.69. The van der Waals surface area contributed by atoms with E-state index in [0.717, 1.165) is 6.92 Å². The molecule has 0 aromatic heterocycles. The van der Waals surface area contributed by atoms with Crippen molar-refractivity contribution in [2.75, 3.05) is 26.4 Å². The van der Waals surface area contributed by atoms with E-state index in [0.29, 0.717) is 0 Å². The minimum Gasteiger partial charge on any atom is -0.394 e. The zero-order chi connectivity index (χ0) is 35.6. The summed E-state index contributed by atoms with van der Waals surface area (Å²) in [6.07, 6.45) is -34.1. The van der Waals surface area contributed by atoms with Crippen molar-refractivity contribution in [3.8, 4) is 0 Å². The Morgan fingerprint density at radius 1 is 0.500 bits per heavy atom. The predicted octanol–water partition coefficient (Wildman–Crippen LogP) is -9.61. The Morgan fingerprint density at radius 2 is 0.854 bits per heavy atom. The van der Waals surface area contributed by atoms with E-state index in [2.05, 4.69) is 5.32 Å². The van der Waals surface area contributed by atoms with Crippen molar-refractivity contribution < 1.29 is 104 Å². The van der Waals surface area contributed by atoms with E-state index in [1.165, 1.54) is 0 Å². The van der Waals surface area contributed by atoms with E-state index in [-0.39, 0.29) is 0 Å². The number of hydrogen-bond donors (Lipinski definition) is 14. The lowest BCUT2D eigenvalue weighted by Gasteiger charge is -2.49. The van der Waals surface area contributed by atoms with Crippen LogP contribution in [0.4, 0.5) is 0 Å². The number of aliphatic hydroxyl groups is 13. The Bertz CT molecular complexity index is 1030. The van der Waals surface area contributed by atoms with Gasteiger partial charge in [-0.1, -0.05) is 0 Å². The van der Waals surface area contributed by atoms with Crippen LogP contribution in [0.3, 0.4) is 0 Å². The van der Waals surface area contributed by atoms with Gasteiger partial charge in [0.25, 0.3) is 0 Å². The van der Waals surface area contributed by atoms with E-state index >= 15 is 0 Å². The summed E-state index contributed by atoms with van der Waals surface area (Å²) in [6.45, 7) is -2.35. The van der Waals surface area contributed by atoms with Crippen molar-refractivity contribution >= 4 is 5.91 Å². The van der Waals surface area contributed by atoms with E-state index in [1.807, 2.05) is 0 Å². The number of aliphatic hydroxyl groups excluding tert-OH is 13. The molecule has 4 heterocycles. The van der Waals surface area contributed by atoms with Gasteiger partial charge >= 0.3 is 0 Å². The lowest BCUT2D eigenvalue weighted by molar-refractivity contribution is -0.386. The van der Waals surface area contributed by atoms with Gasteiger partial charge in [0.15, 0.2) is 25.2 Å². The zero-order valence-corrected chi connectivity index (χ0v) is 25.5. The van der Waals surface area contributed by atoms with Gasteiger partial charge in [-0.25, -0.2) is 0 Å². The Kier molecular flexibility index (Phi) is 13.8. The molecule has 0 radical (unpaired) electrons. The smallest absolute Gasteiger partial charge is 0.217 e. The van der Waals surface area contributed by atoms with Gasteiger partial charge in [0, 0.05) is 6.92 Å². The fraction of sp³-hybridized carbons (Fsp3) is 0.962. The van der Waals surface area contributed by atoms with Crippen LogP contribution in [-0.2, 0) is 38.0 Å². The van der Waals surface area contributed by atoms with Gasteiger partial charge in [-0.2, -0.15) is 0 Å². The first-order valence-corrected chi connectivity index (χ1v) is 15.1. The van der Waals surface area contributed by atoms with Gasteiger partial charge < -0.3 is 105 Å². The first-order valence-electron chi connectivity index (χ1n) is 15.1. The molecule has 4 aliphatic rings. The summed E-state index contributed by atoms with van der Waals surface area (Å²) in [5.41, 5.74) is 0. The second kappa shape index (κ2) is 16.8. The summed E-state index contributed by atoms with van der Waals surface area (Å²) >= 11 is 0. The molecule has 22 nitrogen and oxygen atoms in total. The highest BCUT2D eigenvalue weighted by Gasteiger charge is 2.55. The molecule has 0 aliphatic carbocycles. The van der Waals surface area contributed by atoms with Gasteiger partial charge in [-0.15, -0.1) is 0 Å². The fourth-order valence-electron chi connectivity index (χ4n) is 5.93. The molecule has 4 fully saturated rings. The normalized spacial score (nSPS) is 50.2. The molecule has 0 unspecified atom stereocenters. The Labute approximate surface area is 272 Å².